The summed E-state index contributed by atoms with van der Waals surface area (Å²) in [5, 5.41) is 8.84. The van der Waals surface area contributed by atoms with Gasteiger partial charge in [0.25, 0.3) is 0 Å². The maximum absolute atomic E-state index is 12.6. The molecule has 1 heterocycles. The molecule has 0 aliphatic carbocycles. The van der Waals surface area contributed by atoms with Crippen LogP contribution in [0.5, 0.6) is 0 Å². The van der Waals surface area contributed by atoms with Crippen molar-refractivity contribution in [2.45, 2.75) is 58.0 Å². The predicted molar refractivity (Wildman–Crippen MR) is 85.5 cm³/mol. The van der Waals surface area contributed by atoms with Crippen LogP contribution in [0.1, 0.15) is 51.9 Å². The minimum Gasteiger partial charge on any atom is -0.396 e. The van der Waals surface area contributed by atoms with Gasteiger partial charge in [0.15, 0.2) is 0 Å². The van der Waals surface area contributed by atoms with Gasteiger partial charge >= 0.3 is 6.18 Å². The lowest BCUT2D eigenvalue weighted by Gasteiger charge is -2.23. The van der Waals surface area contributed by atoms with Crippen molar-refractivity contribution in [3.8, 4) is 0 Å². The zero-order valence-electron chi connectivity index (χ0n) is 14.5. The summed E-state index contributed by atoms with van der Waals surface area (Å²) in [5.41, 5.74) is 0. The Hall–Kier alpha value is -0.820. The number of hydrogen-bond acceptors (Lipinski definition) is 3. The van der Waals surface area contributed by atoms with E-state index < -0.39 is 18.7 Å². The summed E-state index contributed by atoms with van der Waals surface area (Å²) in [6.45, 7) is 3.30. The summed E-state index contributed by atoms with van der Waals surface area (Å²) < 4.78 is 43.5. The summed E-state index contributed by atoms with van der Waals surface area (Å²) >= 11 is 0. The van der Waals surface area contributed by atoms with Crippen molar-refractivity contribution in [2.75, 3.05) is 32.9 Å². The third kappa shape index (κ3) is 7.83. The molecular formula is C17H30F3NO3. The van der Waals surface area contributed by atoms with Gasteiger partial charge in [0.05, 0.1) is 19.1 Å². The van der Waals surface area contributed by atoms with E-state index in [4.69, 9.17) is 9.84 Å². The molecule has 1 rings (SSSR count). The van der Waals surface area contributed by atoms with Crippen LogP contribution in [0.4, 0.5) is 13.2 Å². The highest BCUT2D eigenvalue weighted by Crippen LogP contribution is 2.29. The van der Waals surface area contributed by atoms with E-state index >= 15 is 0 Å². The van der Waals surface area contributed by atoms with Crippen molar-refractivity contribution in [1.82, 2.24) is 4.90 Å². The van der Waals surface area contributed by atoms with E-state index in [1.807, 2.05) is 0 Å². The second-order valence-electron chi connectivity index (χ2n) is 6.57. The van der Waals surface area contributed by atoms with Crippen LogP contribution < -0.4 is 0 Å². The number of amides is 1. The second kappa shape index (κ2) is 10.9. The standard InChI is InChI=1S/C17H30F3NO3/c1-2-3-5-14-6-4-9-21(10-11-24-13-14)16(23)8-7-15(12-22)17(18,19)20/h14-15,22H,2-13H2,1H3/t14-,15-/m1/s1. The molecule has 24 heavy (non-hydrogen) atoms. The fraction of sp³-hybridized carbons (Fsp3) is 0.941. The monoisotopic (exact) mass is 353 g/mol. The summed E-state index contributed by atoms with van der Waals surface area (Å²) in [6, 6.07) is 0. The highest BCUT2D eigenvalue weighted by atomic mass is 19.4. The van der Waals surface area contributed by atoms with Crippen LogP contribution in [0, 0.1) is 11.8 Å². The Balaban J connectivity index is 2.44. The number of rotatable bonds is 7. The average Bonchev–Trinajstić information content (AvgIpc) is 2.64. The van der Waals surface area contributed by atoms with Crippen molar-refractivity contribution in [2.24, 2.45) is 11.8 Å². The molecule has 1 amide bonds. The summed E-state index contributed by atoms with van der Waals surface area (Å²) in [7, 11) is 0. The largest absolute Gasteiger partial charge is 0.396 e. The molecule has 1 aliphatic heterocycles. The lowest BCUT2D eigenvalue weighted by atomic mass is 9.97. The number of alkyl halides is 3. The number of carbonyl (C=O) groups is 1. The zero-order chi connectivity index (χ0) is 18.0. The number of hydrogen-bond donors (Lipinski definition) is 1. The Morgan fingerprint density at radius 3 is 2.75 bits per heavy atom. The third-order valence-electron chi connectivity index (χ3n) is 4.61. The fourth-order valence-corrected chi connectivity index (χ4v) is 2.97. The first-order valence-corrected chi connectivity index (χ1v) is 8.91. The van der Waals surface area contributed by atoms with Crippen LogP contribution in [0.3, 0.4) is 0 Å². The molecule has 142 valence electrons. The van der Waals surface area contributed by atoms with Crippen LogP contribution in [0.15, 0.2) is 0 Å². The molecule has 1 fully saturated rings. The van der Waals surface area contributed by atoms with Crippen molar-refractivity contribution in [3.05, 3.63) is 0 Å². The molecular weight excluding hydrogens is 323 g/mol. The van der Waals surface area contributed by atoms with Gasteiger partial charge in [-0.2, -0.15) is 13.2 Å². The van der Waals surface area contributed by atoms with E-state index in [-0.39, 0.29) is 18.7 Å². The number of halogens is 3. The SMILES string of the molecule is CCCC[C@@H]1CCCN(C(=O)CC[C@H](CO)C(F)(F)F)CCOC1. The Morgan fingerprint density at radius 2 is 2.12 bits per heavy atom. The van der Waals surface area contributed by atoms with Crippen LogP contribution in [0.25, 0.3) is 0 Å². The highest BCUT2D eigenvalue weighted by Gasteiger charge is 2.39. The smallest absolute Gasteiger partial charge is 0.394 e. The molecule has 0 spiro atoms. The van der Waals surface area contributed by atoms with E-state index in [0.29, 0.717) is 32.2 Å². The topological polar surface area (TPSA) is 49.8 Å². The molecule has 0 aromatic carbocycles. The summed E-state index contributed by atoms with van der Waals surface area (Å²) in [5.74, 6) is -1.61. The first-order valence-electron chi connectivity index (χ1n) is 8.91. The predicted octanol–water partition coefficient (Wildman–Crippen LogP) is 3.38. The molecule has 0 saturated carbocycles. The molecule has 4 nitrogen and oxygen atoms in total. The van der Waals surface area contributed by atoms with Gasteiger partial charge in [-0.25, -0.2) is 0 Å². The minimum absolute atomic E-state index is 0.190. The molecule has 0 radical (unpaired) electrons. The van der Waals surface area contributed by atoms with Gasteiger partial charge in [-0.05, 0) is 31.6 Å². The lowest BCUT2D eigenvalue weighted by Crippen LogP contribution is -2.36. The average molecular weight is 353 g/mol. The van der Waals surface area contributed by atoms with Crippen LogP contribution in [-0.4, -0.2) is 55.0 Å². The molecule has 0 aromatic rings. The Labute approximate surface area is 142 Å². The first kappa shape index (κ1) is 21.2. The van der Waals surface area contributed by atoms with Gasteiger partial charge < -0.3 is 14.7 Å². The summed E-state index contributed by atoms with van der Waals surface area (Å²) in [6.07, 6.45) is 0.243. The highest BCUT2D eigenvalue weighted by molar-refractivity contribution is 5.76. The van der Waals surface area contributed by atoms with Crippen LogP contribution in [0.2, 0.25) is 0 Å². The first-order chi connectivity index (χ1) is 11.4. The van der Waals surface area contributed by atoms with Gasteiger partial charge in [0, 0.05) is 26.1 Å². The number of carbonyl (C=O) groups excluding carboxylic acids is 1. The summed E-state index contributed by atoms with van der Waals surface area (Å²) in [4.78, 5) is 13.8. The normalized spacial score (nSPS) is 21.7. The molecule has 0 unspecified atom stereocenters. The molecule has 0 aromatic heterocycles. The fourth-order valence-electron chi connectivity index (χ4n) is 2.97. The van der Waals surface area contributed by atoms with Gasteiger partial charge in [-0.15, -0.1) is 0 Å². The van der Waals surface area contributed by atoms with E-state index in [1.54, 1.807) is 4.90 Å². The van der Waals surface area contributed by atoms with E-state index in [9.17, 15) is 18.0 Å². The maximum atomic E-state index is 12.6. The van der Waals surface area contributed by atoms with E-state index in [1.165, 1.54) is 0 Å². The Kier molecular flexibility index (Phi) is 9.66. The second-order valence-corrected chi connectivity index (χ2v) is 6.57. The van der Waals surface area contributed by atoms with Gasteiger partial charge in [0.1, 0.15) is 0 Å². The van der Waals surface area contributed by atoms with Gasteiger partial charge in [0.2, 0.25) is 5.91 Å². The quantitative estimate of drug-likeness (QED) is 0.763. The third-order valence-corrected chi connectivity index (χ3v) is 4.61. The maximum Gasteiger partial charge on any atom is 0.394 e. The van der Waals surface area contributed by atoms with Crippen molar-refractivity contribution >= 4 is 5.91 Å². The van der Waals surface area contributed by atoms with Crippen molar-refractivity contribution in [3.63, 3.8) is 0 Å². The van der Waals surface area contributed by atoms with E-state index in [2.05, 4.69) is 6.92 Å². The number of unbranched alkanes of at least 4 members (excludes halogenated alkanes) is 1. The number of aliphatic hydroxyl groups is 1. The molecule has 1 saturated heterocycles. The van der Waals surface area contributed by atoms with Crippen molar-refractivity contribution < 1.29 is 27.8 Å². The molecule has 1 aliphatic rings. The Bertz CT molecular complexity index is 363. The van der Waals surface area contributed by atoms with Crippen LogP contribution in [-0.2, 0) is 9.53 Å². The Morgan fingerprint density at radius 1 is 1.38 bits per heavy atom. The lowest BCUT2D eigenvalue weighted by molar-refractivity contribution is -0.186. The molecule has 0 bridgehead atoms. The zero-order valence-corrected chi connectivity index (χ0v) is 14.5. The van der Waals surface area contributed by atoms with Gasteiger partial charge in [-0.1, -0.05) is 19.8 Å². The van der Waals surface area contributed by atoms with Crippen molar-refractivity contribution in [1.29, 1.82) is 0 Å². The molecule has 2 atom stereocenters. The minimum atomic E-state index is -4.46. The molecule has 1 N–H and O–H groups in total. The van der Waals surface area contributed by atoms with Crippen LogP contribution >= 0.6 is 0 Å². The number of nitrogens with zero attached hydrogens (tertiary/aromatic N) is 1. The number of aliphatic hydroxyl groups excluding tert-OH is 1. The van der Waals surface area contributed by atoms with Gasteiger partial charge in [-0.3, -0.25) is 4.79 Å². The van der Waals surface area contributed by atoms with E-state index in [0.717, 1.165) is 32.1 Å². The molecule has 7 heteroatoms. The number of ether oxygens (including phenoxy) is 1.